The molecule has 0 aliphatic heterocycles. The molecule has 1 amide bonds. The van der Waals surface area contributed by atoms with Gasteiger partial charge in [-0.25, -0.2) is 4.79 Å². The van der Waals surface area contributed by atoms with Crippen molar-refractivity contribution in [2.24, 2.45) is 0 Å². The molecule has 0 aliphatic carbocycles. The third kappa shape index (κ3) is 5.95. The van der Waals surface area contributed by atoms with Gasteiger partial charge in [0.2, 0.25) is 0 Å². The molecule has 31 heavy (non-hydrogen) atoms. The zero-order valence-electron chi connectivity index (χ0n) is 18.0. The fourth-order valence-corrected chi connectivity index (χ4v) is 3.46. The van der Waals surface area contributed by atoms with Crippen molar-refractivity contribution in [1.29, 1.82) is 0 Å². The third-order valence-electron chi connectivity index (χ3n) is 5.14. The van der Waals surface area contributed by atoms with E-state index < -0.39 is 5.97 Å². The Morgan fingerprint density at radius 3 is 1.81 bits per heavy atom. The van der Waals surface area contributed by atoms with Crippen molar-refractivity contribution in [3.8, 4) is 0 Å². The van der Waals surface area contributed by atoms with E-state index in [1.165, 1.54) is 0 Å². The Hall–Kier alpha value is -3.60. The summed E-state index contributed by atoms with van der Waals surface area (Å²) < 4.78 is 5.25. The lowest BCUT2D eigenvalue weighted by Gasteiger charge is -2.21. The van der Waals surface area contributed by atoms with Crippen LogP contribution in [0.3, 0.4) is 0 Å². The highest BCUT2D eigenvalue weighted by atomic mass is 16.5. The van der Waals surface area contributed by atoms with E-state index in [-0.39, 0.29) is 18.6 Å². The van der Waals surface area contributed by atoms with E-state index in [9.17, 15) is 9.59 Å². The van der Waals surface area contributed by atoms with E-state index in [4.69, 9.17) is 4.74 Å². The molecular formula is C26H28N2O3. The van der Waals surface area contributed by atoms with Gasteiger partial charge in [0.1, 0.15) is 0 Å². The standard InChI is InChI=1S/C26H28N2O3/c1-3-28(4-2)23-17-15-22(16-18-23)26(30)31-19-24(29)27-25(20-11-7-5-8-12-20)21-13-9-6-10-14-21/h5-18,25H,3-4,19H2,1-2H3,(H,27,29). The fourth-order valence-electron chi connectivity index (χ4n) is 3.46. The van der Waals surface area contributed by atoms with E-state index in [1.54, 1.807) is 12.1 Å². The second kappa shape index (κ2) is 11.0. The molecule has 5 heteroatoms. The van der Waals surface area contributed by atoms with Crippen LogP contribution in [0.15, 0.2) is 84.9 Å². The van der Waals surface area contributed by atoms with E-state index in [0.717, 1.165) is 29.9 Å². The van der Waals surface area contributed by atoms with Crippen molar-refractivity contribution in [2.75, 3.05) is 24.6 Å². The molecule has 5 nitrogen and oxygen atoms in total. The molecule has 0 fully saturated rings. The number of nitrogens with zero attached hydrogens (tertiary/aromatic N) is 1. The molecule has 0 bridgehead atoms. The van der Waals surface area contributed by atoms with Gasteiger partial charge in [-0.3, -0.25) is 4.79 Å². The summed E-state index contributed by atoms with van der Waals surface area (Å²) in [6.45, 7) is 5.62. The first-order valence-corrected chi connectivity index (χ1v) is 10.5. The number of carbonyl (C=O) groups excluding carboxylic acids is 2. The van der Waals surface area contributed by atoms with Crippen LogP contribution >= 0.6 is 0 Å². The van der Waals surface area contributed by atoms with Crippen molar-refractivity contribution < 1.29 is 14.3 Å². The first-order valence-electron chi connectivity index (χ1n) is 10.5. The highest BCUT2D eigenvalue weighted by Crippen LogP contribution is 2.21. The average molecular weight is 417 g/mol. The average Bonchev–Trinajstić information content (AvgIpc) is 2.83. The fraction of sp³-hybridized carbons (Fsp3) is 0.231. The molecule has 0 saturated carbocycles. The Morgan fingerprint density at radius 2 is 1.32 bits per heavy atom. The summed E-state index contributed by atoms with van der Waals surface area (Å²) in [4.78, 5) is 27.1. The van der Waals surface area contributed by atoms with Crippen molar-refractivity contribution in [1.82, 2.24) is 5.32 Å². The molecule has 0 aliphatic rings. The van der Waals surface area contributed by atoms with Gasteiger partial charge in [-0.2, -0.15) is 0 Å². The number of amides is 1. The van der Waals surface area contributed by atoms with Gasteiger partial charge in [0.25, 0.3) is 5.91 Å². The van der Waals surface area contributed by atoms with Gasteiger partial charge < -0.3 is 15.0 Å². The smallest absolute Gasteiger partial charge is 0.338 e. The molecule has 0 spiro atoms. The number of ether oxygens (including phenoxy) is 1. The van der Waals surface area contributed by atoms with Gasteiger partial charge in [-0.05, 0) is 49.2 Å². The van der Waals surface area contributed by atoms with Crippen molar-refractivity contribution in [3.63, 3.8) is 0 Å². The van der Waals surface area contributed by atoms with Crippen LogP contribution in [-0.4, -0.2) is 31.6 Å². The van der Waals surface area contributed by atoms with Crippen LogP contribution in [0.2, 0.25) is 0 Å². The molecular weight excluding hydrogens is 388 g/mol. The number of nitrogens with one attached hydrogen (secondary N) is 1. The van der Waals surface area contributed by atoms with Crippen LogP contribution < -0.4 is 10.2 Å². The minimum Gasteiger partial charge on any atom is -0.452 e. The minimum atomic E-state index is -0.516. The molecule has 0 atom stereocenters. The predicted octanol–water partition coefficient (Wildman–Crippen LogP) is 4.60. The Morgan fingerprint density at radius 1 is 0.806 bits per heavy atom. The minimum absolute atomic E-state index is 0.318. The summed E-state index contributed by atoms with van der Waals surface area (Å²) in [7, 11) is 0. The van der Waals surface area contributed by atoms with Gasteiger partial charge in [0, 0.05) is 18.8 Å². The lowest BCUT2D eigenvalue weighted by atomic mass is 9.99. The summed E-state index contributed by atoms with van der Waals surface area (Å²) >= 11 is 0. The SMILES string of the molecule is CCN(CC)c1ccc(C(=O)OCC(=O)NC(c2ccccc2)c2ccccc2)cc1. The van der Waals surface area contributed by atoms with Crippen LogP contribution in [0.4, 0.5) is 5.69 Å². The van der Waals surface area contributed by atoms with Gasteiger partial charge in [-0.15, -0.1) is 0 Å². The summed E-state index contributed by atoms with van der Waals surface area (Å²) in [5.41, 5.74) is 3.39. The lowest BCUT2D eigenvalue weighted by Crippen LogP contribution is -2.33. The second-order valence-corrected chi connectivity index (χ2v) is 7.12. The van der Waals surface area contributed by atoms with Crippen molar-refractivity contribution in [3.05, 3.63) is 102 Å². The van der Waals surface area contributed by atoms with Crippen molar-refractivity contribution >= 4 is 17.6 Å². The van der Waals surface area contributed by atoms with Crippen LogP contribution in [0.1, 0.15) is 41.4 Å². The maximum atomic E-state index is 12.6. The van der Waals surface area contributed by atoms with Crippen molar-refractivity contribution in [2.45, 2.75) is 19.9 Å². The Bertz CT molecular complexity index is 929. The number of hydrogen-bond acceptors (Lipinski definition) is 4. The zero-order chi connectivity index (χ0) is 22.1. The number of rotatable bonds is 9. The van der Waals surface area contributed by atoms with E-state index in [0.29, 0.717) is 5.56 Å². The molecule has 0 heterocycles. The van der Waals surface area contributed by atoms with Gasteiger partial charge in [0.15, 0.2) is 6.61 Å². The monoisotopic (exact) mass is 416 g/mol. The number of anilines is 1. The molecule has 0 aromatic heterocycles. The second-order valence-electron chi connectivity index (χ2n) is 7.12. The highest BCUT2D eigenvalue weighted by molar-refractivity contribution is 5.91. The topological polar surface area (TPSA) is 58.6 Å². The number of benzene rings is 3. The van der Waals surface area contributed by atoms with Gasteiger partial charge >= 0.3 is 5.97 Å². The third-order valence-corrected chi connectivity index (χ3v) is 5.14. The normalized spacial score (nSPS) is 10.5. The maximum Gasteiger partial charge on any atom is 0.338 e. The van der Waals surface area contributed by atoms with Gasteiger partial charge in [-0.1, -0.05) is 60.7 Å². The predicted molar refractivity (Wildman–Crippen MR) is 123 cm³/mol. The first-order chi connectivity index (χ1) is 15.1. The Balaban J connectivity index is 1.62. The summed E-state index contributed by atoms with van der Waals surface area (Å²) in [6, 6.07) is 26.3. The Kier molecular flexibility index (Phi) is 7.82. The number of esters is 1. The van der Waals surface area contributed by atoms with E-state index in [1.807, 2.05) is 72.8 Å². The summed E-state index contributed by atoms with van der Waals surface area (Å²) in [5, 5.41) is 2.97. The maximum absolute atomic E-state index is 12.6. The molecule has 1 N–H and O–H groups in total. The molecule has 3 rings (SSSR count). The number of carbonyl (C=O) groups is 2. The summed E-state index contributed by atoms with van der Waals surface area (Å²) in [6.07, 6.45) is 0. The molecule has 0 radical (unpaired) electrons. The first kappa shape index (κ1) is 22.1. The Labute approximate surface area is 183 Å². The molecule has 3 aromatic carbocycles. The van der Waals surface area contributed by atoms with E-state index in [2.05, 4.69) is 24.1 Å². The molecule has 160 valence electrons. The van der Waals surface area contributed by atoms with Crippen LogP contribution in [0.5, 0.6) is 0 Å². The zero-order valence-corrected chi connectivity index (χ0v) is 18.0. The van der Waals surface area contributed by atoms with Gasteiger partial charge in [0.05, 0.1) is 11.6 Å². The molecule has 0 saturated heterocycles. The highest BCUT2D eigenvalue weighted by Gasteiger charge is 2.18. The summed E-state index contributed by atoms with van der Waals surface area (Å²) in [5.74, 6) is -0.872. The van der Waals surface area contributed by atoms with Crippen LogP contribution in [-0.2, 0) is 9.53 Å². The molecule has 0 unspecified atom stereocenters. The molecule has 3 aromatic rings. The quantitative estimate of drug-likeness (QED) is 0.518. The van der Waals surface area contributed by atoms with Crippen LogP contribution in [0.25, 0.3) is 0 Å². The largest absolute Gasteiger partial charge is 0.452 e. The number of hydrogen-bond donors (Lipinski definition) is 1. The van der Waals surface area contributed by atoms with Crippen LogP contribution in [0, 0.1) is 0 Å². The lowest BCUT2D eigenvalue weighted by molar-refractivity contribution is -0.124. The van der Waals surface area contributed by atoms with E-state index >= 15 is 0 Å².